The van der Waals surface area contributed by atoms with Crippen LogP contribution in [-0.2, 0) is 0 Å². The second kappa shape index (κ2) is 13.6. The number of aromatic amines is 1. The molecule has 0 aliphatic rings. The third-order valence-corrected chi connectivity index (χ3v) is 10.8. The van der Waals surface area contributed by atoms with Crippen molar-refractivity contribution >= 4 is 85.4 Å². The molecule has 0 radical (unpaired) electrons. The molecule has 0 fully saturated rings. The summed E-state index contributed by atoms with van der Waals surface area (Å²) in [6.07, 6.45) is 0. The highest BCUT2D eigenvalue weighted by molar-refractivity contribution is 7.27. The molecule has 0 spiro atoms. The smallest absolute Gasteiger partial charge is 0.0654 e. The molecule has 10 aromatic rings. The van der Waals surface area contributed by atoms with Crippen molar-refractivity contribution in [1.29, 1.82) is 0 Å². The van der Waals surface area contributed by atoms with E-state index in [2.05, 4.69) is 119 Å². The van der Waals surface area contributed by atoms with Crippen LogP contribution in [-0.4, -0.2) is 4.98 Å². The summed E-state index contributed by atoms with van der Waals surface area (Å²) >= 11 is 3.71. The Kier molecular flexibility index (Phi) is 8.41. The van der Waals surface area contributed by atoms with Crippen molar-refractivity contribution in [1.82, 2.24) is 4.98 Å². The molecule has 0 saturated heterocycles. The van der Waals surface area contributed by atoms with Gasteiger partial charge in [-0.3, -0.25) is 0 Å². The van der Waals surface area contributed by atoms with Crippen molar-refractivity contribution in [2.45, 2.75) is 0 Å². The normalized spacial score (nSPS) is 10.9. The van der Waals surface area contributed by atoms with Crippen molar-refractivity contribution in [3.8, 4) is 11.1 Å². The van der Waals surface area contributed by atoms with Crippen molar-refractivity contribution in [3.05, 3.63) is 182 Å². The summed E-state index contributed by atoms with van der Waals surface area (Å²) in [6.45, 7) is 0. The van der Waals surface area contributed by atoms with Crippen LogP contribution in [0.4, 0.5) is 11.4 Å². The lowest BCUT2D eigenvalue weighted by atomic mass is 10.0. The van der Waals surface area contributed by atoms with Crippen LogP contribution < -0.4 is 5.32 Å². The van der Waals surface area contributed by atoms with Gasteiger partial charge in [0.1, 0.15) is 0 Å². The molecule has 2 nitrogen and oxygen atoms in total. The number of hydrogen-bond acceptors (Lipinski definition) is 3. The quantitative estimate of drug-likeness (QED) is 0.195. The Balaban J connectivity index is 0.000000236. The van der Waals surface area contributed by atoms with E-state index in [1.807, 2.05) is 95.5 Å². The van der Waals surface area contributed by atoms with E-state index in [0.29, 0.717) is 0 Å². The molecule has 10 rings (SSSR count). The van der Waals surface area contributed by atoms with Crippen molar-refractivity contribution in [2.75, 3.05) is 5.32 Å². The molecular weight excluding hydrogens is 621 g/mol. The largest absolute Gasteiger partial charge is 0.354 e. The standard InChI is InChI=1S/C32H20N2S2.2C6H6/c1-3-10-28-22(6-1)23-8-5-9-27(31(23)35-28)33-21-15-12-19(13-16-21)20-14-17-26-25(18-20)32-30(34-26)24-7-2-4-11-29(24)36-32;2*1-2-4-6-5-3-1/h1-18,33-34H;2*1-6H. The Hall–Kier alpha value is -5.68. The Morgan fingerprint density at radius 3 is 1.60 bits per heavy atom. The minimum atomic E-state index is 1.10. The van der Waals surface area contributed by atoms with Gasteiger partial charge in [-0.05, 0) is 53.6 Å². The molecule has 4 heteroatoms. The van der Waals surface area contributed by atoms with Gasteiger partial charge >= 0.3 is 0 Å². The molecule has 7 aromatic carbocycles. The third kappa shape index (κ3) is 6.07. The van der Waals surface area contributed by atoms with Crippen LogP contribution in [0.25, 0.3) is 62.5 Å². The Labute approximate surface area is 287 Å². The van der Waals surface area contributed by atoms with Crippen LogP contribution in [0.15, 0.2) is 182 Å². The summed E-state index contributed by atoms with van der Waals surface area (Å²) in [6, 6.07) is 63.3. The average Bonchev–Trinajstić information content (AvgIpc) is 3.84. The number of H-pyrrole nitrogens is 1. The van der Waals surface area contributed by atoms with Gasteiger partial charge in [0.2, 0.25) is 0 Å². The lowest BCUT2D eigenvalue weighted by Gasteiger charge is -2.09. The van der Waals surface area contributed by atoms with Gasteiger partial charge in [0, 0.05) is 42.1 Å². The van der Waals surface area contributed by atoms with E-state index in [9.17, 15) is 0 Å². The number of rotatable bonds is 3. The predicted molar refractivity (Wildman–Crippen MR) is 212 cm³/mol. The minimum absolute atomic E-state index is 1.10. The summed E-state index contributed by atoms with van der Waals surface area (Å²) in [5.41, 5.74) is 7.15. The topological polar surface area (TPSA) is 27.8 Å². The first-order chi connectivity index (χ1) is 23.8. The second-order valence-corrected chi connectivity index (χ2v) is 13.6. The summed E-state index contributed by atoms with van der Waals surface area (Å²) in [4.78, 5) is 3.64. The van der Waals surface area contributed by atoms with Gasteiger partial charge in [-0.25, -0.2) is 0 Å². The number of anilines is 2. The summed E-state index contributed by atoms with van der Waals surface area (Å²) in [5.74, 6) is 0. The first-order valence-electron chi connectivity index (χ1n) is 16.0. The van der Waals surface area contributed by atoms with E-state index in [1.54, 1.807) is 0 Å². The maximum absolute atomic E-state index is 3.66. The molecule has 0 aliphatic carbocycles. The van der Waals surface area contributed by atoms with Gasteiger partial charge in [-0.1, -0.05) is 140 Å². The fourth-order valence-corrected chi connectivity index (χ4v) is 8.39. The minimum Gasteiger partial charge on any atom is -0.354 e. The Bertz CT molecular complexity index is 2490. The number of nitrogens with one attached hydrogen (secondary N) is 2. The van der Waals surface area contributed by atoms with Crippen LogP contribution in [0.2, 0.25) is 0 Å². The lowest BCUT2D eigenvalue weighted by Crippen LogP contribution is -1.90. The molecular formula is C44H32N2S2. The molecule has 3 heterocycles. The zero-order chi connectivity index (χ0) is 32.1. The summed E-state index contributed by atoms with van der Waals surface area (Å²) in [5, 5.41) is 8.89. The molecule has 230 valence electrons. The maximum Gasteiger partial charge on any atom is 0.0654 e. The zero-order valence-corrected chi connectivity index (χ0v) is 27.8. The second-order valence-electron chi connectivity index (χ2n) is 11.5. The highest BCUT2D eigenvalue weighted by Crippen LogP contribution is 2.41. The third-order valence-electron chi connectivity index (χ3n) is 8.35. The summed E-state index contributed by atoms with van der Waals surface area (Å²) < 4.78 is 5.29. The van der Waals surface area contributed by atoms with E-state index in [4.69, 9.17) is 0 Å². The molecule has 2 N–H and O–H groups in total. The lowest BCUT2D eigenvalue weighted by molar-refractivity contribution is 1.55. The van der Waals surface area contributed by atoms with Gasteiger partial charge in [0.25, 0.3) is 0 Å². The molecule has 0 saturated carbocycles. The van der Waals surface area contributed by atoms with Gasteiger partial charge < -0.3 is 10.3 Å². The first-order valence-corrected chi connectivity index (χ1v) is 17.7. The van der Waals surface area contributed by atoms with Crippen molar-refractivity contribution in [3.63, 3.8) is 0 Å². The van der Waals surface area contributed by atoms with Crippen LogP contribution in [0.3, 0.4) is 0 Å². The van der Waals surface area contributed by atoms with E-state index in [-0.39, 0.29) is 0 Å². The van der Waals surface area contributed by atoms with Gasteiger partial charge in [0.15, 0.2) is 0 Å². The van der Waals surface area contributed by atoms with Crippen LogP contribution >= 0.6 is 22.7 Å². The van der Waals surface area contributed by atoms with E-state index in [0.717, 1.165) is 11.4 Å². The predicted octanol–water partition coefficient (Wildman–Crippen LogP) is 13.7. The molecule has 0 bridgehead atoms. The van der Waals surface area contributed by atoms with Crippen LogP contribution in [0.5, 0.6) is 0 Å². The van der Waals surface area contributed by atoms with Crippen molar-refractivity contribution < 1.29 is 0 Å². The number of fused-ring (bicyclic) bond motifs is 8. The fraction of sp³-hybridized carbons (Fsp3) is 0. The highest BCUT2D eigenvalue weighted by atomic mass is 32.1. The van der Waals surface area contributed by atoms with Crippen molar-refractivity contribution in [2.24, 2.45) is 0 Å². The van der Waals surface area contributed by atoms with E-state index < -0.39 is 0 Å². The van der Waals surface area contributed by atoms with Gasteiger partial charge in [-0.2, -0.15) is 0 Å². The highest BCUT2D eigenvalue weighted by Gasteiger charge is 2.12. The number of hydrogen-bond donors (Lipinski definition) is 2. The molecule has 48 heavy (non-hydrogen) atoms. The van der Waals surface area contributed by atoms with E-state index >= 15 is 0 Å². The van der Waals surface area contributed by atoms with Crippen LogP contribution in [0, 0.1) is 0 Å². The fourth-order valence-electron chi connectivity index (χ4n) is 6.03. The van der Waals surface area contributed by atoms with Gasteiger partial charge in [0.05, 0.1) is 20.6 Å². The van der Waals surface area contributed by atoms with E-state index in [1.165, 1.54) is 62.5 Å². The molecule has 0 aliphatic heterocycles. The average molecular weight is 653 g/mol. The van der Waals surface area contributed by atoms with Gasteiger partial charge in [-0.15, -0.1) is 22.7 Å². The monoisotopic (exact) mass is 652 g/mol. The zero-order valence-electron chi connectivity index (χ0n) is 26.1. The Morgan fingerprint density at radius 2 is 0.938 bits per heavy atom. The molecule has 0 atom stereocenters. The molecule has 0 unspecified atom stereocenters. The molecule has 0 amide bonds. The maximum atomic E-state index is 3.66. The molecule has 3 aromatic heterocycles. The SMILES string of the molecule is c1ccc2c(c1)sc1c(Nc3ccc(-c4ccc5[nH]c6c7ccccc7sc6c5c4)cc3)cccc12.c1ccccc1.c1ccccc1. The Morgan fingerprint density at radius 1 is 0.396 bits per heavy atom. The number of aromatic nitrogens is 1. The number of benzene rings is 7. The van der Waals surface area contributed by atoms with Crippen LogP contribution in [0.1, 0.15) is 0 Å². The first kappa shape index (κ1) is 29.7. The number of thiophene rings is 2. The summed E-state index contributed by atoms with van der Waals surface area (Å²) in [7, 11) is 0.